The molecule has 0 saturated carbocycles. The first-order valence-corrected chi connectivity index (χ1v) is 8.19. The number of aliphatic hydroxyl groups excluding tert-OH is 1. The van der Waals surface area contributed by atoms with Gasteiger partial charge in [-0.3, -0.25) is 4.68 Å². The first kappa shape index (κ1) is 15.3. The second-order valence-electron chi connectivity index (χ2n) is 6.21. The van der Waals surface area contributed by atoms with Gasteiger partial charge < -0.3 is 20.2 Å². The van der Waals surface area contributed by atoms with Gasteiger partial charge in [-0.2, -0.15) is 5.10 Å². The summed E-state index contributed by atoms with van der Waals surface area (Å²) >= 11 is 0. The lowest BCUT2D eigenvalue weighted by atomic mass is 10.1. The number of nitrogens with zero attached hydrogens (tertiary/aromatic N) is 4. The number of piperidine rings is 1. The number of amides is 2. The van der Waals surface area contributed by atoms with E-state index < -0.39 is 6.10 Å². The van der Waals surface area contributed by atoms with Gasteiger partial charge in [0.25, 0.3) is 0 Å². The van der Waals surface area contributed by atoms with Crippen LogP contribution < -0.4 is 5.32 Å². The lowest BCUT2D eigenvalue weighted by Gasteiger charge is -2.26. The van der Waals surface area contributed by atoms with E-state index in [0.717, 1.165) is 13.1 Å². The average molecular weight is 307 g/mol. The molecule has 2 fully saturated rings. The highest BCUT2D eigenvalue weighted by atomic mass is 16.3. The zero-order chi connectivity index (χ0) is 15.4. The summed E-state index contributed by atoms with van der Waals surface area (Å²) < 4.78 is 1.88. The fourth-order valence-corrected chi connectivity index (χ4v) is 3.11. The molecule has 3 heterocycles. The topological polar surface area (TPSA) is 73.6 Å². The Morgan fingerprint density at radius 3 is 2.82 bits per heavy atom. The molecule has 22 heavy (non-hydrogen) atoms. The van der Waals surface area contributed by atoms with Gasteiger partial charge in [0.2, 0.25) is 0 Å². The molecule has 0 radical (unpaired) electrons. The van der Waals surface area contributed by atoms with Crippen LogP contribution in [0.25, 0.3) is 0 Å². The number of hydrogen-bond acceptors (Lipinski definition) is 4. The van der Waals surface area contributed by atoms with Crippen LogP contribution in [0, 0.1) is 0 Å². The van der Waals surface area contributed by atoms with E-state index in [1.54, 1.807) is 11.1 Å². The number of urea groups is 1. The molecule has 0 bridgehead atoms. The number of β-amino-alcohol motifs (C(OH)–C–C–N with tert-alkyl or cyclic N) is 1. The second kappa shape index (κ2) is 7.11. The SMILES string of the molecule is O=C(Nc1cnn(CCN2CCCCC2)c1)N1CC[C@H](O)C1. The molecule has 2 N–H and O–H groups in total. The second-order valence-corrected chi connectivity index (χ2v) is 6.21. The molecule has 2 amide bonds. The third-order valence-electron chi connectivity index (χ3n) is 4.43. The minimum Gasteiger partial charge on any atom is -0.391 e. The number of carbonyl (C=O) groups excluding carboxylic acids is 1. The molecule has 2 saturated heterocycles. The van der Waals surface area contributed by atoms with Crippen LogP contribution in [0.1, 0.15) is 25.7 Å². The highest BCUT2D eigenvalue weighted by Crippen LogP contribution is 2.13. The lowest BCUT2D eigenvalue weighted by molar-refractivity contribution is 0.176. The van der Waals surface area contributed by atoms with Crippen molar-refractivity contribution in [1.29, 1.82) is 0 Å². The molecule has 0 aliphatic carbocycles. The third-order valence-corrected chi connectivity index (χ3v) is 4.43. The smallest absolute Gasteiger partial charge is 0.322 e. The summed E-state index contributed by atoms with van der Waals surface area (Å²) in [6.07, 6.45) is 7.75. The molecular formula is C15H25N5O2. The predicted molar refractivity (Wildman–Crippen MR) is 83.7 cm³/mol. The number of carbonyl (C=O) groups is 1. The molecule has 7 nitrogen and oxygen atoms in total. The van der Waals surface area contributed by atoms with E-state index in [1.807, 2.05) is 10.9 Å². The number of aromatic nitrogens is 2. The van der Waals surface area contributed by atoms with Gasteiger partial charge in [0.1, 0.15) is 0 Å². The Hall–Kier alpha value is -1.60. The molecule has 7 heteroatoms. The summed E-state index contributed by atoms with van der Waals surface area (Å²) in [5.41, 5.74) is 0.713. The van der Waals surface area contributed by atoms with Gasteiger partial charge in [-0.1, -0.05) is 6.42 Å². The number of aliphatic hydroxyl groups is 1. The van der Waals surface area contributed by atoms with Crippen LogP contribution in [-0.2, 0) is 6.54 Å². The number of likely N-dealkylation sites (tertiary alicyclic amines) is 2. The van der Waals surface area contributed by atoms with Gasteiger partial charge in [-0.05, 0) is 32.4 Å². The molecule has 1 aromatic rings. The maximum atomic E-state index is 12.0. The molecule has 2 aliphatic rings. The van der Waals surface area contributed by atoms with Crippen molar-refractivity contribution >= 4 is 11.7 Å². The Morgan fingerprint density at radius 2 is 2.09 bits per heavy atom. The minimum absolute atomic E-state index is 0.160. The number of anilines is 1. The van der Waals surface area contributed by atoms with E-state index >= 15 is 0 Å². The number of nitrogens with one attached hydrogen (secondary N) is 1. The third kappa shape index (κ3) is 3.98. The van der Waals surface area contributed by atoms with Crippen molar-refractivity contribution in [2.24, 2.45) is 0 Å². The molecule has 1 aromatic heterocycles. The number of hydrogen-bond donors (Lipinski definition) is 2. The van der Waals surface area contributed by atoms with Crippen molar-refractivity contribution in [3.63, 3.8) is 0 Å². The summed E-state index contributed by atoms with van der Waals surface area (Å²) in [6.45, 7) is 5.24. The van der Waals surface area contributed by atoms with Crippen LogP contribution in [-0.4, -0.2) is 69.5 Å². The maximum absolute atomic E-state index is 12.0. The van der Waals surface area contributed by atoms with E-state index in [-0.39, 0.29) is 6.03 Å². The van der Waals surface area contributed by atoms with Gasteiger partial charge in [-0.15, -0.1) is 0 Å². The van der Waals surface area contributed by atoms with Gasteiger partial charge in [0, 0.05) is 25.8 Å². The van der Waals surface area contributed by atoms with Crippen molar-refractivity contribution in [1.82, 2.24) is 19.6 Å². The Bertz CT molecular complexity index is 498. The summed E-state index contributed by atoms with van der Waals surface area (Å²) in [7, 11) is 0. The van der Waals surface area contributed by atoms with Gasteiger partial charge in [-0.25, -0.2) is 4.79 Å². The van der Waals surface area contributed by atoms with Crippen molar-refractivity contribution < 1.29 is 9.90 Å². The van der Waals surface area contributed by atoms with Gasteiger partial charge in [0.05, 0.1) is 24.5 Å². The van der Waals surface area contributed by atoms with Crippen LogP contribution in [0.2, 0.25) is 0 Å². The van der Waals surface area contributed by atoms with Crippen LogP contribution in [0.3, 0.4) is 0 Å². The van der Waals surface area contributed by atoms with Crippen molar-refractivity contribution in [2.45, 2.75) is 38.3 Å². The normalized spacial score (nSPS) is 23.0. The van der Waals surface area contributed by atoms with Gasteiger partial charge >= 0.3 is 6.03 Å². The van der Waals surface area contributed by atoms with Crippen LogP contribution in [0.15, 0.2) is 12.4 Å². The van der Waals surface area contributed by atoms with E-state index in [9.17, 15) is 9.90 Å². The van der Waals surface area contributed by atoms with Crippen molar-refractivity contribution in [2.75, 3.05) is 38.0 Å². The zero-order valence-corrected chi connectivity index (χ0v) is 12.9. The van der Waals surface area contributed by atoms with Crippen LogP contribution in [0.4, 0.5) is 10.5 Å². The zero-order valence-electron chi connectivity index (χ0n) is 12.9. The molecule has 3 rings (SSSR count). The molecule has 0 aromatic carbocycles. The molecule has 0 spiro atoms. The average Bonchev–Trinajstić information content (AvgIpc) is 3.15. The Kier molecular flexibility index (Phi) is 4.94. The van der Waals surface area contributed by atoms with E-state index in [4.69, 9.17) is 0 Å². The quantitative estimate of drug-likeness (QED) is 0.869. The molecule has 0 unspecified atom stereocenters. The highest BCUT2D eigenvalue weighted by Gasteiger charge is 2.24. The summed E-state index contributed by atoms with van der Waals surface area (Å²) in [5.74, 6) is 0. The van der Waals surface area contributed by atoms with Crippen LogP contribution >= 0.6 is 0 Å². The fourth-order valence-electron chi connectivity index (χ4n) is 3.11. The molecule has 1 atom stereocenters. The van der Waals surface area contributed by atoms with Crippen molar-refractivity contribution in [3.05, 3.63) is 12.4 Å². The maximum Gasteiger partial charge on any atom is 0.322 e. The summed E-state index contributed by atoms with van der Waals surface area (Å²) in [5, 5.41) is 16.6. The lowest BCUT2D eigenvalue weighted by Crippen LogP contribution is -2.33. The first-order chi connectivity index (χ1) is 10.7. The Balaban J connectivity index is 1.45. The highest BCUT2D eigenvalue weighted by molar-refractivity contribution is 5.89. The first-order valence-electron chi connectivity index (χ1n) is 8.19. The minimum atomic E-state index is -0.391. The van der Waals surface area contributed by atoms with E-state index in [0.29, 0.717) is 25.2 Å². The monoisotopic (exact) mass is 307 g/mol. The largest absolute Gasteiger partial charge is 0.391 e. The summed E-state index contributed by atoms with van der Waals surface area (Å²) in [6, 6.07) is -0.160. The Morgan fingerprint density at radius 1 is 1.27 bits per heavy atom. The van der Waals surface area contributed by atoms with E-state index in [1.165, 1.54) is 32.4 Å². The van der Waals surface area contributed by atoms with Crippen LogP contribution in [0.5, 0.6) is 0 Å². The molecule has 122 valence electrons. The molecule has 2 aliphatic heterocycles. The van der Waals surface area contributed by atoms with Crippen molar-refractivity contribution in [3.8, 4) is 0 Å². The number of rotatable bonds is 4. The van der Waals surface area contributed by atoms with Gasteiger partial charge in [0.15, 0.2) is 0 Å². The van der Waals surface area contributed by atoms with E-state index in [2.05, 4.69) is 15.3 Å². The summed E-state index contributed by atoms with van der Waals surface area (Å²) in [4.78, 5) is 16.1. The predicted octanol–water partition coefficient (Wildman–Crippen LogP) is 0.967. The molecular weight excluding hydrogens is 282 g/mol. The fraction of sp³-hybridized carbons (Fsp3) is 0.733. The standard InChI is InChI=1S/C15H25N5O2/c21-14-4-7-19(12-14)15(22)17-13-10-16-20(11-13)9-8-18-5-2-1-3-6-18/h10-11,14,21H,1-9,12H2,(H,17,22)/t14-/m0/s1. The Labute approximate surface area is 130 Å².